The van der Waals surface area contributed by atoms with Gasteiger partial charge in [-0.15, -0.1) is 5.92 Å². The Bertz CT molecular complexity index is 1210. The van der Waals surface area contributed by atoms with Gasteiger partial charge in [-0.05, 0) is 44.5 Å². The van der Waals surface area contributed by atoms with Gasteiger partial charge in [-0.25, -0.2) is 18.7 Å². The van der Waals surface area contributed by atoms with Crippen LogP contribution in [-0.4, -0.2) is 26.5 Å². The van der Waals surface area contributed by atoms with Gasteiger partial charge in [-0.2, -0.15) is 5.26 Å². The fourth-order valence-electron chi connectivity index (χ4n) is 3.54. The molecule has 0 amide bonds. The van der Waals surface area contributed by atoms with Gasteiger partial charge in [0.25, 0.3) is 0 Å². The Morgan fingerprint density at radius 1 is 1.33 bits per heavy atom. The SMILES string of the molecule is CC#CCOc1cnc(/C(F)=C/c2ccc(F)c([C@@]3(C)N=C(N)S[C@](C)(C#N)[C@H]3C)c2)cn1. The van der Waals surface area contributed by atoms with E-state index in [0.717, 1.165) is 11.8 Å². The molecule has 6 nitrogen and oxygen atoms in total. The molecular weight excluding hydrogens is 444 g/mol. The quantitative estimate of drug-likeness (QED) is 0.642. The van der Waals surface area contributed by atoms with Crippen molar-refractivity contribution in [3.8, 4) is 23.8 Å². The van der Waals surface area contributed by atoms with Crippen molar-refractivity contribution in [1.82, 2.24) is 9.97 Å². The molecule has 1 aliphatic rings. The van der Waals surface area contributed by atoms with Crippen LogP contribution in [0.15, 0.2) is 35.6 Å². The van der Waals surface area contributed by atoms with Crippen molar-refractivity contribution in [1.29, 1.82) is 5.26 Å². The normalized spacial score (nSPS) is 24.8. The number of hydrogen-bond acceptors (Lipinski definition) is 7. The van der Waals surface area contributed by atoms with Gasteiger partial charge in [0.05, 0.1) is 24.0 Å². The van der Waals surface area contributed by atoms with Crippen LogP contribution in [0.1, 0.15) is 44.5 Å². The van der Waals surface area contributed by atoms with Gasteiger partial charge in [0.2, 0.25) is 5.88 Å². The molecule has 33 heavy (non-hydrogen) atoms. The molecule has 2 heterocycles. The molecule has 0 saturated heterocycles. The number of halogens is 2. The second-order valence-corrected chi connectivity index (χ2v) is 9.30. The maximum absolute atomic E-state index is 14.9. The highest BCUT2D eigenvalue weighted by Gasteiger charge is 2.50. The number of nitrogens with two attached hydrogens (primary N) is 1. The minimum atomic E-state index is -1.11. The standard InChI is InChI=1S/C24H23F2N5OS/c1-5-6-9-32-21-13-29-20(12-30-21)19(26)11-16-7-8-18(25)17(10-16)24(4)15(2)23(3,14-27)33-22(28)31-24/h7-8,10-13,15H,9H2,1-4H3,(H2,28,31)/b19-11-/t15-,23-,24+/m1/s1. The summed E-state index contributed by atoms with van der Waals surface area (Å²) in [6, 6.07) is 6.49. The summed E-state index contributed by atoms with van der Waals surface area (Å²) in [5.41, 5.74) is 5.52. The predicted octanol–water partition coefficient (Wildman–Crippen LogP) is 4.68. The van der Waals surface area contributed by atoms with Crippen LogP contribution in [0.5, 0.6) is 5.88 Å². The first-order valence-electron chi connectivity index (χ1n) is 10.1. The van der Waals surface area contributed by atoms with Crippen LogP contribution in [0.2, 0.25) is 0 Å². The van der Waals surface area contributed by atoms with Gasteiger partial charge >= 0.3 is 0 Å². The van der Waals surface area contributed by atoms with Crippen LogP contribution in [-0.2, 0) is 5.54 Å². The Labute approximate surface area is 196 Å². The van der Waals surface area contributed by atoms with Crippen LogP contribution in [0.25, 0.3) is 11.9 Å². The summed E-state index contributed by atoms with van der Waals surface area (Å²) >= 11 is 1.16. The van der Waals surface area contributed by atoms with Crippen molar-refractivity contribution >= 4 is 28.8 Å². The first-order valence-corrected chi connectivity index (χ1v) is 10.9. The Hall–Kier alpha value is -3.43. The van der Waals surface area contributed by atoms with Gasteiger partial charge < -0.3 is 10.5 Å². The van der Waals surface area contributed by atoms with E-state index >= 15 is 0 Å². The summed E-state index contributed by atoms with van der Waals surface area (Å²) in [7, 11) is 0. The third-order valence-corrected chi connectivity index (χ3v) is 6.89. The van der Waals surface area contributed by atoms with Crippen molar-refractivity contribution < 1.29 is 13.5 Å². The molecule has 0 spiro atoms. The monoisotopic (exact) mass is 467 g/mol. The Morgan fingerprint density at radius 3 is 2.73 bits per heavy atom. The average molecular weight is 468 g/mol. The smallest absolute Gasteiger partial charge is 0.233 e. The van der Waals surface area contributed by atoms with Gasteiger partial charge in [0.1, 0.15) is 16.3 Å². The molecule has 3 atom stereocenters. The zero-order valence-corrected chi connectivity index (χ0v) is 19.5. The summed E-state index contributed by atoms with van der Waals surface area (Å²) in [6.45, 7) is 7.17. The van der Waals surface area contributed by atoms with Gasteiger partial charge in [-0.3, -0.25) is 4.99 Å². The lowest BCUT2D eigenvalue weighted by atomic mass is 9.74. The molecule has 170 valence electrons. The number of thioether (sulfide) groups is 1. The van der Waals surface area contributed by atoms with E-state index in [9.17, 15) is 14.0 Å². The summed E-state index contributed by atoms with van der Waals surface area (Å²) in [5.74, 6) is 4.11. The van der Waals surface area contributed by atoms with Crippen LogP contribution in [0, 0.1) is 34.9 Å². The van der Waals surface area contributed by atoms with Crippen molar-refractivity contribution in [2.45, 2.75) is 38.0 Å². The molecule has 1 aromatic heterocycles. The summed E-state index contributed by atoms with van der Waals surface area (Å²) in [5, 5.41) is 9.91. The van der Waals surface area contributed by atoms with Crippen molar-refractivity contribution in [2.75, 3.05) is 6.61 Å². The lowest BCUT2D eigenvalue weighted by molar-refractivity contribution is 0.283. The zero-order chi connectivity index (χ0) is 24.2. The lowest BCUT2D eigenvalue weighted by Gasteiger charge is -2.43. The first-order chi connectivity index (χ1) is 15.6. The molecule has 1 aromatic carbocycles. The number of ether oxygens (including phenoxy) is 1. The molecule has 3 rings (SSSR count). The second kappa shape index (κ2) is 9.60. The lowest BCUT2D eigenvalue weighted by Crippen LogP contribution is -2.47. The molecule has 0 aliphatic carbocycles. The van der Waals surface area contributed by atoms with E-state index in [1.54, 1.807) is 20.8 Å². The Kier molecular flexibility index (Phi) is 7.04. The summed E-state index contributed by atoms with van der Waals surface area (Å²) in [6.07, 6.45) is 3.78. The number of aromatic nitrogens is 2. The van der Waals surface area contributed by atoms with Crippen molar-refractivity contribution in [2.24, 2.45) is 16.6 Å². The van der Waals surface area contributed by atoms with Crippen LogP contribution in [0.4, 0.5) is 8.78 Å². The molecule has 2 N–H and O–H groups in total. The Morgan fingerprint density at radius 2 is 2.09 bits per heavy atom. The fraction of sp³-hybridized carbons (Fsp3) is 0.333. The van der Waals surface area contributed by atoms with Gasteiger partial charge in [-0.1, -0.05) is 30.7 Å². The maximum Gasteiger partial charge on any atom is 0.233 e. The van der Waals surface area contributed by atoms with Crippen LogP contribution in [0.3, 0.4) is 0 Å². The number of nitrogens with zero attached hydrogens (tertiary/aromatic N) is 4. The zero-order valence-electron chi connectivity index (χ0n) is 18.7. The van der Waals surface area contributed by atoms with Crippen molar-refractivity contribution in [3.05, 3.63) is 53.2 Å². The molecule has 0 unspecified atom stereocenters. The topological polar surface area (TPSA) is 97.2 Å². The first kappa shape index (κ1) is 24.2. The molecule has 0 fully saturated rings. The van der Waals surface area contributed by atoms with Crippen LogP contribution >= 0.6 is 11.8 Å². The number of amidine groups is 1. The number of nitriles is 1. The van der Waals surface area contributed by atoms with Gasteiger partial charge in [0.15, 0.2) is 17.6 Å². The van der Waals surface area contributed by atoms with Crippen molar-refractivity contribution in [3.63, 3.8) is 0 Å². The van der Waals surface area contributed by atoms with E-state index in [0.29, 0.717) is 5.56 Å². The molecule has 0 radical (unpaired) electrons. The van der Waals surface area contributed by atoms with Gasteiger partial charge in [0, 0.05) is 11.5 Å². The van der Waals surface area contributed by atoms with E-state index in [-0.39, 0.29) is 34.8 Å². The average Bonchev–Trinajstić information content (AvgIpc) is 2.79. The largest absolute Gasteiger partial charge is 0.463 e. The van der Waals surface area contributed by atoms with E-state index in [1.807, 2.05) is 6.92 Å². The third-order valence-electron chi connectivity index (χ3n) is 5.72. The predicted molar refractivity (Wildman–Crippen MR) is 126 cm³/mol. The Balaban J connectivity index is 1.94. The minimum absolute atomic E-state index is 0.00256. The second-order valence-electron chi connectivity index (χ2n) is 7.83. The number of rotatable bonds is 5. The molecule has 2 aromatic rings. The number of aliphatic imine (C=N–C) groups is 1. The highest BCUT2D eigenvalue weighted by atomic mass is 32.2. The summed E-state index contributed by atoms with van der Waals surface area (Å²) < 4.78 is 34.2. The minimum Gasteiger partial charge on any atom is -0.463 e. The van der Waals surface area contributed by atoms with E-state index in [4.69, 9.17) is 10.5 Å². The highest BCUT2D eigenvalue weighted by Crippen LogP contribution is 2.50. The van der Waals surface area contributed by atoms with E-state index < -0.39 is 21.9 Å². The molecule has 9 heteroatoms. The van der Waals surface area contributed by atoms with Crippen LogP contribution < -0.4 is 10.5 Å². The highest BCUT2D eigenvalue weighted by molar-refractivity contribution is 8.15. The number of hydrogen-bond donors (Lipinski definition) is 1. The molecule has 0 saturated carbocycles. The van der Waals surface area contributed by atoms with E-state index in [1.165, 1.54) is 36.7 Å². The third kappa shape index (κ3) is 4.99. The summed E-state index contributed by atoms with van der Waals surface area (Å²) in [4.78, 5) is 12.5. The van der Waals surface area contributed by atoms with E-state index in [2.05, 4.69) is 32.9 Å². The fourth-order valence-corrected chi connectivity index (χ4v) is 4.66. The maximum atomic E-state index is 14.9. The molecule has 0 bridgehead atoms. The molecule has 1 aliphatic heterocycles. The number of benzene rings is 1. The molecular formula is C24H23F2N5OS.